The van der Waals surface area contributed by atoms with E-state index >= 15 is 0 Å². The van der Waals surface area contributed by atoms with Gasteiger partial charge in [-0.2, -0.15) is 0 Å². The number of carbonyl (C=O) groups excluding carboxylic acids is 2. The maximum Gasteiger partial charge on any atom is 0.253 e. The molecular weight excluding hydrogens is 399 g/mol. The first-order valence-corrected chi connectivity index (χ1v) is 10.00. The summed E-state index contributed by atoms with van der Waals surface area (Å²) in [7, 11) is 0. The van der Waals surface area contributed by atoms with Gasteiger partial charge in [0.2, 0.25) is 5.91 Å². The molecule has 2 aromatic carbocycles. The second-order valence-corrected chi connectivity index (χ2v) is 7.41. The van der Waals surface area contributed by atoms with Gasteiger partial charge >= 0.3 is 0 Å². The van der Waals surface area contributed by atoms with Crippen LogP contribution < -0.4 is 4.74 Å². The number of carbonyl (C=O) groups is 2. The molecule has 7 heteroatoms. The van der Waals surface area contributed by atoms with Crippen LogP contribution in [0.25, 0.3) is 0 Å². The van der Waals surface area contributed by atoms with E-state index in [4.69, 9.17) is 27.9 Å². The molecule has 28 heavy (non-hydrogen) atoms. The number of hydrogen-bond acceptors (Lipinski definition) is 3. The van der Waals surface area contributed by atoms with Crippen molar-refractivity contribution in [3.8, 4) is 5.75 Å². The lowest BCUT2D eigenvalue weighted by molar-refractivity contribution is -0.132. The van der Waals surface area contributed by atoms with Crippen LogP contribution in [-0.4, -0.2) is 54.4 Å². The predicted molar refractivity (Wildman–Crippen MR) is 110 cm³/mol. The fourth-order valence-electron chi connectivity index (χ4n) is 3.06. The number of hydrogen-bond donors (Lipinski definition) is 0. The molecule has 0 bridgehead atoms. The molecule has 0 atom stereocenters. The molecule has 1 fully saturated rings. The molecule has 0 spiro atoms. The SMILES string of the molecule is O=C(CCCOc1ccccc1Cl)N1CCN(C(=O)c2ccc(Cl)cc2)CC1. The van der Waals surface area contributed by atoms with Gasteiger partial charge in [0.25, 0.3) is 5.91 Å². The van der Waals surface area contributed by atoms with Crippen LogP contribution in [0.3, 0.4) is 0 Å². The molecule has 0 saturated carbocycles. The van der Waals surface area contributed by atoms with Crippen LogP contribution in [0.2, 0.25) is 10.0 Å². The molecular formula is C21H22Cl2N2O3. The van der Waals surface area contributed by atoms with E-state index in [1.807, 2.05) is 12.1 Å². The fourth-order valence-corrected chi connectivity index (χ4v) is 3.38. The Morgan fingerprint density at radius 3 is 2.21 bits per heavy atom. The highest BCUT2D eigenvalue weighted by atomic mass is 35.5. The highest BCUT2D eigenvalue weighted by Gasteiger charge is 2.24. The summed E-state index contributed by atoms with van der Waals surface area (Å²) in [5.41, 5.74) is 0.612. The lowest BCUT2D eigenvalue weighted by atomic mass is 10.1. The fraction of sp³-hybridized carbons (Fsp3) is 0.333. The third kappa shape index (κ3) is 5.40. The summed E-state index contributed by atoms with van der Waals surface area (Å²) in [6.07, 6.45) is 1.03. The summed E-state index contributed by atoms with van der Waals surface area (Å²) in [6, 6.07) is 14.1. The van der Waals surface area contributed by atoms with E-state index in [0.717, 1.165) is 0 Å². The van der Waals surface area contributed by atoms with E-state index in [9.17, 15) is 9.59 Å². The molecule has 0 unspecified atom stereocenters. The maximum absolute atomic E-state index is 12.5. The van der Waals surface area contributed by atoms with E-state index in [1.165, 1.54) is 0 Å². The highest BCUT2D eigenvalue weighted by Crippen LogP contribution is 2.23. The molecule has 2 aromatic rings. The number of halogens is 2. The molecule has 0 radical (unpaired) electrons. The van der Waals surface area contributed by atoms with Crippen molar-refractivity contribution in [1.82, 2.24) is 9.80 Å². The first kappa shape index (κ1) is 20.5. The third-order valence-corrected chi connectivity index (χ3v) is 5.20. The summed E-state index contributed by atoms with van der Waals surface area (Å²) >= 11 is 11.9. The van der Waals surface area contributed by atoms with Crippen LogP contribution in [0, 0.1) is 0 Å². The predicted octanol–water partition coefficient (Wildman–Crippen LogP) is 4.14. The van der Waals surface area contributed by atoms with Gasteiger partial charge < -0.3 is 14.5 Å². The summed E-state index contributed by atoms with van der Waals surface area (Å²) in [6.45, 7) is 2.59. The molecule has 0 aromatic heterocycles. The lowest BCUT2D eigenvalue weighted by Crippen LogP contribution is -2.50. The van der Waals surface area contributed by atoms with Gasteiger partial charge in [-0.25, -0.2) is 0 Å². The smallest absolute Gasteiger partial charge is 0.253 e. The van der Waals surface area contributed by atoms with Gasteiger partial charge in [-0.1, -0.05) is 35.3 Å². The van der Waals surface area contributed by atoms with Crippen LogP contribution in [-0.2, 0) is 4.79 Å². The van der Waals surface area contributed by atoms with E-state index < -0.39 is 0 Å². The number of nitrogens with zero attached hydrogens (tertiary/aromatic N) is 2. The molecule has 5 nitrogen and oxygen atoms in total. The Kier molecular flexibility index (Phi) is 7.18. The Morgan fingerprint density at radius 1 is 0.893 bits per heavy atom. The first-order chi connectivity index (χ1) is 13.5. The van der Waals surface area contributed by atoms with Gasteiger partial charge in [0.1, 0.15) is 5.75 Å². The minimum Gasteiger partial charge on any atom is -0.492 e. The first-order valence-electron chi connectivity index (χ1n) is 9.24. The topological polar surface area (TPSA) is 49.9 Å². The van der Waals surface area contributed by atoms with E-state index in [0.29, 0.717) is 67.0 Å². The van der Waals surface area contributed by atoms with Crippen LogP contribution in [0.5, 0.6) is 5.75 Å². The van der Waals surface area contributed by atoms with Gasteiger partial charge in [-0.15, -0.1) is 0 Å². The number of ether oxygens (including phenoxy) is 1. The normalized spacial score (nSPS) is 14.1. The zero-order valence-electron chi connectivity index (χ0n) is 15.4. The summed E-state index contributed by atoms with van der Waals surface area (Å²) in [5.74, 6) is 0.684. The molecule has 3 rings (SSSR count). The minimum absolute atomic E-state index is 0.0306. The lowest BCUT2D eigenvalue weighted by Gasteiger charge is -2.35. The quantitative estimate of drug-likeness (QED) is 0.659. The Hall–Kier alpha value is -2.24. The molecule has 0 N–H and O–H groups in total. The van der Waals surface area contributed by atoms with Gasteiger partial charge in [0, 0.05) is 43.2 Å². The molecule has 1 heterocycles. The van der Waals surface area contributed by atoms with Gasteiger partial charge in [-0.3, -0.25) is 9.59 Å². The third-order valence-electron chi connectivity index (χ3n) is 4.64. The van der Waals surface area contributed by atoms with Crippen molar-refractivity contribution in [2.45, 2.75) is 12.8 Å². The Labute approximate surface area is 174 Å². The maximum atomic E-state index is 12.5. The number of para-hydroxylation sites is 1. The highest BCUT2D eigenvalue weighted by molar-refractivity contribution is 6.32. The van der Waals surface area contributed by atoms with Crippen LogP contribution >= 0.6 is 23.2 Å². The largest absolute Gasteiger partial charge is 0.492 e. The van der Waals surface area contributed by atoms with E-state index in [2.05, 4.69) is 0 Å². The van der Waals surface area contributed by atoms with Crippen molar-refractivity contribution < 1.29 is 14.3 Å². The second-order valence-electron chi connectivity index (χ2n) is 6.56. The van der Waals surface area contributed by atoms with E-state index in [-0.39, 0.29) is 11.8 Å². The van der Waals surface area contributed by atoms with Gasteiger partial charge in [0.05, 0.1) is 11.6 Å². The molecule has 2 amide bonds. The Morgan fingerprint density at radius 2 is 1.54 bits per heavy atom. The number of benzene rings is 2. The number of rotatable bonds is 6. The van der Waals surface area contributed by atoms with E-state index in [1.54, 1.807) is 46.2 Å². The molecule has 148 valence electrons. The number of amides is 2. The Balaban J connectivity index is 1.39. The molecule has 1 saturated heterocycles. The van der Waals surface area contributed by atoms with Crippen molar-refractivity contribution in [3.63, 3.8) is 0 Å². The van der Waals surface area contributed by atoms with Gasteiger partial charge in [0.15, 0.2) is 0 Å². The standard InChI is InChI=1S/C21H22Cl2N2O3/c22-17-9-7-16(8-10-17)21(27)25-13-11-24(12-14-25)20(26)6-3-15-28-19-5-2-1-4-18(19)23/h1-2,4-5,7-10H,3,6,11-15H2. The van der Waals surface area contributed by atoms with Crippen molar-refractivity contribution in [2.75, 3.05) is 32.8 Å². The average molecular weight is 421 g/mol. The van der Waals surface area contributed by atoms with Crippen molar-refractivity contribution >= 4 is 35.0 Å². The molecule has 1 aliphatic heterocycles. The second kappa shape index (κ2) is 9.80. The van der Waals surface area contributed by atoms with Gasteiger partial charge in [-0.05, 0) is 42.8 Å². The molecule has 1 aliphatic rings. The average Bonchev–Trinajstić information content (AvgIpc) is 2.72. The zero-order valence-corrected chi connectivity index (χ0v) is 17.0. The van der Waals surface area contributed by atoms with Crippen LogP contribution in [0.15, 0.2) is 48.5 Å². The minimum atomic E-state index is -0.0306. The summed E-state index contributed by atoms with van der Waals surface area (Å²) in [5, 5.41) is 1.17. The summed E-state index contributed by atoms with van der Waals surface area (Å²) < 4.78 is 5.62. The van der Waals surface area contributed by atoms with Crippen molar-refractivity contribution in [3.05, 3.63) is 64.1 Å². The monoisotopic (exact) mass is 420 g/mol. The Bertz CT molecular complexity index is 819. The molecule has 0 aliphatic carbocycles. The summed E-state index contributed by atoms with van der Waals surface area (Å²) in [4.78, 5) is 28.5. The van der Waals surface area contributed by atoms with Crippen LogP contribution in [0.4, 0.5) is 0 Å². The zero-order chi connectivity index (χ0) is 19.9. The number of piperazine rings is 1. The van der Waals surface area contributed by atoms with Crippen molar-refractivity contribution in [2.24, 2.45) is 0 Å². The van der Waals surface area contributed by atoms with Crippen molar-refractivity contribution in [1.29, 1.82) is 0 Å². The van der Waals surface area contributed by atoms with Crippen LogP contribution in [0.1, 0.15) is 23.2 Å².